The zero-order valence-corrected chi connectivity index (χ0v) is 10.1. The summed E-state index contributed by atoms with van der Waals surface area (Å²) < 4.78 is 9.19. The molecular formula is C12H15NO4. The van der Waals surface area contributed by atoms with Gasteiger partial charge in [0, 0.05) is 12.7 Å². The Balaban J connectivity index is 2.84. The van der Waals surface area contributed by atoms with Crippen LogP contribution in [-0.2, 0) is 14.3 Å². The standard InChI is InChI=1S/C12H15NO4/c1-13(8-11(14)16-2)10-6-4-5-9(7-10)12(15)17-3/h4-7H,8H2,1-3H3. The van der Waals surface area contributed by atoms with Crippen LogP contribution in [-0.4, -0.2) is 39.8 Å². The average molecular weight is 237 g/mol. The van der Waals surface area contributed by atoms with E-state index in [4.69, 9.17) is 0 Å². The molecule has 1 rings (SSSR count). The van der Waals surface area contributed by atoms with E-state index in [-0.39, 0.29) is 12.5 Å². The molecule has 0 bridgehead atoms. The zero-order valence-electron chi connectivity index (χ0n) is 10.1. The lowest BCUT2D eigenvalue weighted by Crippen LogP contribution is -2.26. The normalized spacial score (nSPS) is 9.59. The summed E-state index contributed by atoms with van der Waals surface area (Å²) in [7, 11) is 4.40. The van der Waals surface area contributed by atoms with Gasteiger partial charge in [0.2, 0.25) is 0 Å². The fourth-order valence-corrected chi connectivity index (χ4v) is 1.34. The van der Waals surface area contributed by atoms with Gasteiger partial charge < -0.3 is 14.4 Å². The van der Waals surface area contributed by atoms with Gasteiger partial charge in [0.15, 0.2) is 0 Å². The molecule has 0 fully saturated rings. The number of carbonyl (C=O) groups is 2. The lowest BCUT2D eigenvalue weighted by molar-refractivity contribution is -0.138. The smallest absolute Gasteiger partial charge is 0.337 e. The predicted octanol–water partition coefficient (Wildman–Crippen LogP) is 1.08. The van der Waals surface area contributed by atoms with Gasteiger partial charge in [-0.3, -0.25) is 4.79 Å². The summed E-state index contributed by atoms with van der Waals surface area (Å²) in [6, 6.07) is 6.85. The van der Waals surface area contributed by atoms with E-state index < -0.39 is 5.97 Å². The van der Waals surface area contributed by atoms with Gasteiger partial charge >= 0.3 is 11.9 Å². The predicted molar refractivity (Wildman–Crippen MR) is 63.1 cm³/mol. The highest BCUT2D eigenvalue weighted by Crippen LogP contribution is 2.15. The van der Waals surface area contributed by atoms with Crippen LogP contribution in [0.1, 0.15) is 10.4 Å². The molecule has 0 saturated heterocycles. The number of anilines is 1. The van der Waals surface area contributed by atoms with Crippen molar-refractivity contribution in [2.75, 3.05) is 32.7 Å². The first-order valence-electron chi connectivity index (χ1n) is 5.04. The number of benzene rings is 1. The van der Waals surface area contributed by atoms with Crippen LogP contribution in [0.5, 0.6) is 0 Å². The minimum Gasteiger partial charge on any atom is -0.468 e. The molecule has 1 aromatic rings. The summed E-state index contributed by atoms with van der Waals surface area (Å²) in [5.74, 6) is -0.741. The third-order valence-corrected chi connectivity index (χ3v) is 2.30. The maximum Gasteiger partial charge on any atom is 0.337 e. The van der Waals surface area contributed by atoms with E-state index in [1.165, 1.54) is 14.2 Å². The number of nitrogens with zero attached hydrogens (tertiary/aromatic N) is 1. The van der Waals surface area contributed by atoms with Crippen LogP contribution in [0.2, 0.25) is 0 Å². The highest BCUT2D eigenvalue weighted by molar-refractivity contribution is 5.90. The second kappa shape index (κ2) is 5.89. The first kappa shape index (κ1) is 13.0. The van der Waals surface area contributed by atoms with Gasteiger partial charge in [-0.1, -0.05) is 6.07 Å². The Bertz CT molecular complexity index is 417. The largest absolute Gasteiger partial charge is 0.468 e. The minimum atomic E-state index is -0.404. The molecule has 5 heteroatoms. The van der Waals surface area contributed by atoms with Gasteiger partial charge in [-0.2, -0.15) is 0 Å². The number of esters is 2. The van der Waals surface area contributed by atoms with Gasteiger partial charge in [0.1, 0.15) is 6.54 Å². The fraction of sp³-hybridized carbons (Fsp3) is 0.333. The third-order valence-electron chi connectivity index (χ3n) is 2.30. The molecule has 5 nitrogen and oxygen atoms in total. The van der Waals surface area contributed by atoms with Crippen molar-refractivity contribution >= 4 is 17.6 Å². The van der Waals surface area contributed by atoms with E-state index in [0.717, 1.165) is 5.69 Å². The number of hydrogen-bond donors (Lipinski definition) is 0. The van der Waals surface area contributed by atoms with Crippen molar-refractivity contribution in [1.29, 1.82) is 0 Å². The first-order chi connectivity index (χ1) is 8.08. The van der Waals surface area contributed by atoms with Crippen molar-refractivity contribution in [3.63, 3.8) is 0 Å². The summed E-state index contributed by atoms with van der Waals surface area (Å²) in [4.78, 5) is 24.1. The second-order valence-corrected chi connectivity index (χ2v) is 3.47. The van der Waals surface area contributed by atoms with Crippen molar-refractivity contribution in [3.8, 4) is 0 Å². The number of rotatable bonds is 4. The van der Waals surface area contributed by atoms with E-state index in [2.05, 4.69) is 9.47 Å². The molecule has 92 valence electrons. The maximum atomic E-state index is 11.3. The second-order valence-electron chi connectivity index (χ2n) is 3.47. The fourth-order valence-electron chi connectivity index (χ4n) is 1.34. The molecule has 0 amide bonds. The number of ether oxygens (including phenoxy) is 2. The van der Waals surface area contributed by atoms with Gasteiger partial charge in [0.05, 0.1) is 19.8 Å². The molecule has 0 aliphatic heterocycles. The molecule has 0 saturated carbocycles. The molecule has 0 aliphatic rings. The zero-order chi connectivity index (χ0) is 12.8. The van der Waals surface area contributed by atoms with Gasteiger partial charge in [-0.05, 0) is 18.2 Å². The lowest BCUT2D eigenvalue weighted by atomic mass is 10.2. The molecule has 17 heavy (non-hydrogen) atoms. The molecule has 0 heterocycles. The quantitative estimate of drug-likeness (QED) is 0.733. The highest BCUT2D eigenvalue weighted by atomic mass is 16.5. The van der Waals surface area contributed by atoms with E-state index in [0.29, 0.717) is 5.56 Å². The van der Waals surface area contributed by atoms with Crippen LogP contribution in [0.25, 0.3) is 0 Å². The van der Waals surface area contributed by atoms with Crippen LogP contribution in [0, 0.1) is 0 Å². The van der Waals surface area contributed by atoms with E-state index in [9.17, 15) is 9.59 Å². The van der Waals surface area contributed by atoms with Crippen LogP contribution in [0.3, 0.4) is 0 Å². The van der Waals surface area contributed by atoms with E-state index in [1.54, 1.807) is 36.2 Å². The molecule has 0 N–H and O–H groups in total. The number of methoxy groups -OCH3 is 2. The van der Waals surface area contributed by atoms with E-state index in [1.807, 2.05) is 0 Å². The number of hydrogen-bond acceptors (Lipinski definition) is 5. The Hall–Kier alpha value is -2.04. The summed E-state index contributed by atoms with van der Waals surface area (Å²) in [6.45, 7) is 0.126. The Morgan fingerprint density at radius 3 is 2.53 bits per heavy atom. The Labute approximate surface area is 99.9 Å². The monoisotopic (exact) mass is 237 g/mol. The Kier molecular flexibility index (Phi) is 4.51. The number of carbonyl (C=O) groups excluding carboxylic acids is 2. The SMILES string of the molecule is COC(=O)CN(C)c1cccc(C(=O)OC)c1. The van der Waals surface area contributed by atoms with Crippen LogP contribution in [0.15, 0.2) is 24.3 Å². The summed E-state index contributed by atoms with van der Waals surface area (Å²) in [5, 5.41) is 0. The van der Waals surface area contributed by atoms with E-state index >= 15 is 0 Å². The van der Waals surface area contributed by atoms with Gasteiger partial charge in [0.25, 0.3) is 0 Å². The highest BCUT2D eigenvalue weighted by Gasteiger charge is 2.10. The topological polar surface area (TPSA) is 55.8 Å². The van der Waals surface area contributed by atoms with Crippen LogP contribution in [0.4, 0.5) is 5.69 Å². The number of likely N-dealkylation sites (N-methyl/N-ethyl adjacent to an activating group) is 1. The molecule has 0 radical (unpaired) electrons. The Morgan fingerprint density at radius 2 is 1.94 bits per heavy atom. The van der Waals surface area contributed by atoms with Crippen molar-refractivity contribution in [3.05, 3.63) is 29.8 Å². The van der Waals surface area contributed by atoms with Crippen LogP contribution < -0.4 is 4.90 Å². The minimum absolute atomic E-state index is 0.126. The molecule has 0 aromatic heterocycles. The van der Waals surface area contributed by atoms with Crippen molar-refractivity contribution < 1.29 is 19.1 Å². The lowest BCUT2D eigenvalue weighted by Gasteiger charge is -2.18. The molecule has 0 atom stereocenters. The maximum absolute atomic E-state index is 11.3. The van der Waals surface area contributed by atoms with Crippen molar-refractivity contribution in [2.45, 2.75) is 0 Å². The third kappa shape index (κ3) is 3.48. The molecule has 0 aliphatic carbocycles. The van der Waals surface area contributed by atoms with Gasteiger partial charge in [-0.15, -0.1) is 0 Å². The molecular weight excluding hydrogens is 222 g/mol. The van der Waals surface area contributed by atoms with Crippen LogP contribution >= 0.6 is 0 Å². The average Bonchev–Trinajstić information content (AvgIpc) is 2.37. The molecule has 1 aromatic carbocycles. The summed E-state index contributed by atoms with van der Waals surface area (Å²) in [5.41, 5.74) is 1.19. The van der Waals surface area contributed by atoms with Crippen molar-refractivity contribution in [1.82, 2.24) is 0 Å². The summed E-state index contributed by atoms with van der Waals surface area (Å²) in [6.07, 6.45) is 0. The van der Waals surface area contributed by atoms with Gasteiger partial charge in [-0.25, -0.2) is 4.79 Å². The first-order valence-corrected chi connectivity index (χ1v) is 5.04. The van der Waals surface area contributed by atoms with Crippen molar-refractivity contribution in [2.24, 2.45) is 0 Å². The molecule has 0 spiro atoms. The summed E-state index contributed by atoms with van der Waals surface area (Å²) >= 11 is 0. The Morgan fingerprint density at radius 1 is 1.24 bits per heavy atom. The molecule has 0 unspecified atom stereocenters.